The third kappa shape index (κ3) is 2.70. The predicted octanol–water partition coefficient (Wildman–Crippen LogP) is 6.60. The summed E-state index contributed by atoms with van der Waals surface area (Å²) in [4.78, 5) is 29.3. The van der Waals surface area contributed by atoms with Gasteiger partial charge in [-0.3, -0.25) is 9.59 Å². The summed E-state index contributed by atoms with van der Waals surface area (Å²) in [7, 11) is 0. The van der Waals surface area contributed by atoms with Gasteiger partial charge in [0, 0.05) is 11.1 Å². The molecule has 4 aromatic carbocycles. The number of benzene rings is 4. The van der Waals surface area contributed by atoms with E-state index in [2.05, 4.69) is 67.3 Å². The van der Waals surface area contributed by atoms with Crippen molar-refractivity contribution in [2.45, 2.75) is 19.3 Å². The van der Waals surface area contributed by atoms with Crippen LogP contribution in [0.3, 0.4) is 0 Å². The van der Waals surface area contributed by atoms with Gasteiger partial charge in [0.2, 0.25) is 0 Å². The second-order valence-electron chi connectivity index (χ2n) is 9.00. The summed E-state index contributed by atoms with van der Waals surface area (Å²) >= 11 is 0. The Morgan fingerprint density at radius 3 is 1.39 bits per heavy atom. The van der Waals surface area contributed by atoms with E-state index < -0.39 is 0 Å². The van der Waals surface area contributed by atoms with Gasteiger partial charge >= 0.3 is 0 Å². The molecule has 0 unspecified atom stereocenters. The van der Waals surface area contributed by atoms with Gasteiger partial charge in [0.15, 0.2) is 0 Å². The van der Waals surface area contributed by atoms with Crippen LogP contribution in [0.25, 0.3) is 0 Å². The van der Waals surface area contributed by atoms with Crippen molar-refractivity contribution < 1.29 is 9.59 Å². The largest absolute Gasteiger partial charge is 0.310 e. The van der Waals surface area contributed by atoms with Crippen LogP contribution in [0, 0.1) is 0 Å². The average Bonchev–Trinajstić information content (AvgIpc) is 3.10. The van der Waals surface area contributed by atoms with Crippen LogP contribution in [0.5, 0.6) is 0 Å². The van der Waals surface area contributed by atoms with Gasteiger partial charge in [-0.15, -0.1) is 0 Å². The summed E-state index contributed by atoms with van der Waals surface area (Å²) in [6, 6.07) is 31.6. The van der Waals surface area contributed by atoms with E-state index in [1.165, 1.54) is 16.0 Å². The molecule has 33 heavy (non-hydrogen) atoms. The number of nitrogens with zero attached hydrogens (tertiary/aromatic N) is 2. The second-order valence-corrected chi connectivity index (χ2v) is 9.00. The molecule has 0 saturated carbocycles. The van der Waals surface area contributed by atoms with E-state index in [4.69, 9.17) is 0 Å². The molecule has 0 radical (unpaired) electrons. The molecule has 0 fully saturated rings. The van der Waals surface area contributed by atoms with Crippen molar-refractivity contribution in [2.24, 2.45) is 0 Å². The standard InChI is InChI=1S/C29H22N2O2/c1-29(2)23-11-5-7-13-25(23)30(26-14-8-6-12-24(26)29)19-15-17-20(18-16-19)31-27(32)21-9-3-4-10-22(21)28(31)33/h3-18H,1-2H3. The number of rotatable bonds is 2. The van der Waals surface area contributed by atoms with Crippen LogP contribution < -0.4 is 9.80 Å². The quantitative estimate of drug-likeness (QED) is 0.337. The molecule has 0 saturated heterocycles. The van der Waals surface area contributed by atoms with E-state index in [9.17, 15) is 9.59 Å². The highest BCUT2D eigenvalue weighted by atomic mass is 16.2. The van der Waals surface area contributed by atoms with E-state index in [1.807, 2.05) is 24.3 Å². The third-order valence-corrected chi connectivity index (χ3v) is 6.80. The van der Waals surface area contributed by atoms with Crippen LogP contribution >= 0.6 is 0 Å². The van der Waals surface area contributed by atoms with Gasteiger partial charge in [-0.25, -0.2) is 4.90 Å². The minimum absolute atomic E-state index is 0.121. The Morgan fingerprint density at radius 2 is 0.909 bits per heavy atom. The summed E-state index contributed by atoms with van der Waals surface area (Å²) in [5.41, 5.74) is 7.12. The Balaban J connectivity index is 1.44. The van der Waals surface area contributed by atoms with E-state index in [0.29, 0.717) is 16.8 Å². The van der Waals surface area contributed by atoms with Gasteiger partial charge in [0.25, 0.3) is 11.8 Å². The number of carbonyl (C=O) groups is 2. The number of imide groups is 1. The number of anilines is 4. The average molecular weight is 431 g/mol. The molecule has 0 spiro atoms. The van der Waals surface area contributed by atoms with Gasteiger partial charge in [-0.2, -0.15) is 0 Å². The van der Waals surface area contributed by atoms with Crippen molar-refractivity contribution >= 4 is 34.6 Å². The molecule has 6 rings (SSSR count). The van der Waals surface area contributed by atoms with Gasteiger partial charge in [-0.1, -0.05) is 62.4 Å². The Labute approximate surface area is 192 Å². The Bertz CT molecular complexity index is 1350. The van der Waals surface area contributed by atoms with E-state index in [0.717, 1.165) is 17.1 Å². The first-order chi connectivity index (χ1) is 16.0. The lowest BCUT2D eigenvalue weighted by Crippen LogP contribution is -2.31. The zero-order valence-corrected chi connectivity index (χ0v) is 18.4. The number of fused-ring (bicyclic) bond motifs is 3. The topological polar surface area (TPSA) is 40.6 Å². The minimum atomic E-state index is -0.279. The van der Waals surface area contributed by atoms with Gasteiger partial charge < -0.3 is 4.90 Å². The molecule has 4 nitrogen and oxygen atoms in total. The molecule has 2 amide bonds. The van der Waals surface area contributed by atoms with Crippen molar-refractivity contribution in [1.82, 2.24) is 0 Å². The van der Waals surface area contributed by atoms with E-state index in [-0.39, 0.29) is 17.2 Å². The van der Waals surface area contributed by atoms with Crippen LogP contribution in [-0.4, -0.2) is 11.8 Å². The molecule has 0 atom stereocenters. The van der Waals surface area contributed by atoms with Gasteiger partial charge in [0.1, 0.15) is 0 Å². The molecule has 0 N–H and O–H groups in total. The fraction of sp³-hybridized carbons (Fsp3) is 0.103. The SMILES string of the molecule is CC1(C)c2ccccc2N(c2ccc(N3C(=O)c4ccccc4C3=O)cc2)c2ccccc21. The lowest BCUT2D eigenvalue weighted by atomic mass is 9.73. The van der Waals surface area contributed by atoms with Crippen molar-refractivity contribution in [3.63, 3.8) is 0 Å². The maximum Gasteiger partial charge on any atom is 0.266 e. The van der Waals surface area contributed by atoms with Crippen LogP contribution in [0.2, 0.25) is 0 Å². The molecule has 0 aromatic heterocycles. The first-order valence-corrected chi connectivity index (χ1v) is 11.1. The molecule has 160 valence electrons. The van der Waals surface area contributed by atoms with Crippen molar-refractivity contribution in [2.75, 3.05) is 9.80 Å². The Kier molecular flexibility index (Phi) is 4.08. The normalized spacial score (nSPS) is 15.8. The molecule has 2 aliphatic heterocycles. The maximum absolute atomic E-state index is 12.9. The first kappa shape index (κ1) is 19.5. The number of hydrogen-bond acceptors (Lipinski definition) is 3. The molecule has 2 heterocycles. The molecule has 4 heteroatoms. The third-order valence-electron chi connectivity index (χ3n) is 6.80. The fourth-order valence-electron chi connectivity index (χ4n) is 5.12. The minimum Gasteiger partial charge on any atom is -0.310 e. The Morgan fingerprint density at radius 1 is 0.515 bits per heavy atom. The van der Waals surface area contributed by atoms with Crippen molar-refractivity contribution in [3.05, 3.63) is 119 Å². The maximum atomic E-state index is 12.9. The molecular weight excluding hydrogens is 408 g/mol. The van der Waals surface area contributed by atoms with Crippen molar-refractivity contribution in [1.29, 1.82) is 0 Å². The lowest BCUT2D eigenvalue weighted by molar-refractivity contribution is 0.0926. The molecular formula is C29H22N2O2. The highest BCUT2D eigenvalue weighted by Gasteiger charge is 2.38. The monoisotopic (exact) mass is 430 g/mol. The van der Waals surface area contributed by atoms with Crippen LogP contribution in [-0.2, 0) is 5.41 Å². The van der Waals surface area contributed by atoms with E-state index in [1.54, 1.807) is 24.3 Å². The summed E-state index contributed by atoms with van der Waals surface area (Å²) < 4.78 is 0. The first-order valence-electron chi connectivity index (χ1n) is 11.1. The zero-order chi connectivity index (χ0) is 22.7. The number of carbonyl (C=O) groups excluding carboxylic acids is 2. The van der Waals surface area contributed by atoms with Gasteiger partial charge in [0.05, 0.1) is 28.2 Å². The molecule has 2 aliphatic rings. The predicted molar refractivity (Wildman–Crippen MR) is 131 cm³/mol. The van der Waals surface area contributed by atoms with Crippen LogP contribution in [0.4, 0.5) is 22.7 Å². The second kappa shape index (κ2) is 6.91. The number of para-hydroxylation sites is 2. The smallest absolute Gasteiger partial charge is 0.266 e. The number of amides is 2. The molecule has 0 bridgehead atoms. The lowest BCUT2D eigenvalue weighted by Gasteiger charge is -2.42. The molecule has 0 aliphatic carbocycles. The summed E-state index contributed by atoms with van der Waals surface area (Å²) in [5, 5.41) is 0. The summed E-state index contributed by atoms with van der Waals surface area (Å²) in [6.45, 7) is 4.51. The fourth-order valence-corrected chi connectivity index (χ4v) is 5.12. The van der Waals surface area contributed by atoms with Crippen molar-refractivity contribution in [3.8, 4) is 0 Å². The zero-order valence-electron chi connectivity index (χ0n) is 18.4. The highest BCUT2D eigenvalue weighted by molar-refractivity contribution is 6.34. The highest BCUT2D eigenvalue weighted by Crippen LogP contribution is 2.51. The van der Waals surface area contributed by atoms with Crippen LogP contribution in [0.1, 0.15) is 45.7 Å². The number of hydrogen-bond donors (Lipinski definition) is 0. The molecule has 4 aromatic rings. The summed E-state index contributed by atoms with van der Waals surface area (Å²) in [5.74, 6) is -0.558. The Hall–Kier alpha value is -4.18. The van der Waals surface area contributed by atoms with Gasteiger partial charge in [-0.05, 0) is 59.7 Å². The summed E-state index contributed by atoms with van der Waals surface area (Å²) in [6.07, 6.45) is 0. The van der Waals surface area contributed by atoms with Crippen LogP contribution in [0.15, 0.2) is 97.1 Å². The van der Waals surface area contributed by atoms with E-state index >= 15 is 0 Å².